The number of ether oxygens (including phenoxy) is 1. The third-order valence-corrected chi connectivity index (χ3v) is 2.07. The lowest BCUT2D eigenvalue weighted by Crippen LogP contribution is -1.85. The van der Waals surface area contributed by atoms with Gasteiger partial charge in [0.1, 0.15) is 0 Å². The lowest BCUT2D eigenvalue weighted by molar-refractivity contribution is 0.373. The minimum absolute atomic E-state index is 0.149. The first-order valence-corrected chi connectivity index (χ1v) is 4.66. The molecule has 1 aromatic carbocycles. The van der Waals surface area contributed by atoms with Gasteiger partial charge in [-0.25, -0.2) is 0 Å². The minimum atomic E-state index is 0.149. The molecule has 0 aliphatic carbocycles. The highest BCUT2D eigenvalue weighted by molar-refractivity contribution is 5.96. The zero-order valence-corrected chi connectivity index (χ0v) is 9.19. The van der Waals surface area contributed by atoms with Crippen LogP contribution in [0.4, 0.5) is 0 Å². The summed E-state index contributed by atoms with van der Waals surface area (Å²) < 4.78 is 5.00. The molecule has 3 heteroatoms. The van der Waals surface area contributed by atoms with Gasteiger partial charge in [-0.1, -0.05) is 12.1 Å². The van der Waals surface area contributed by atoms with E-state index in [1.54, 1.807) is 19.2 Å². The van der Waals surface area contributed by atoms with Crippen molar-refractivity contribution in [1.29, 1.82) is 0 Å². The van der Waals surface area contributed by atoms with Crippen molar-refractivity contribution in [3.8, 4) is 11.5 Å². The summed E-state index contributed by atoms with van der Waals surface area (Å²) in [6.07, 6.45) is 3.83. The average Bonchev–Trinajstić information content (AvgIpc) is 2.27. The second-order valence-electron chi connectivity index (χ2n) is 3.13. The van der Waals surface area contributed by atoms with Crippen LogP contribution in [0.2, 0.25) is 0 Å². The summed E-state index contributed by atoms with van der Waals surface area (Å²) >= 11 is 0. The molecular formula is C12H15NO2. The number of nitrogens with zero attached hydrogens (tertiary/aromatic N) is 1. The minimum Gasteiger partial charge on any atom is -0.504 e. The fraction of sp³-hybridized carbons (Fsp3) is 0.250. The molecular weight excluding hydrogens is 190 g/mol. The Bertz CT molecular complexity index is 395. The van der Waals surface area contributed by atoms with E-state index in [1.807, 2.05) is 25.1 Å². The normalized spacial score (nSPS) is 12.1. The highest BCUT2D eigenvalue weighted by Gasteiger charge is 1.99. The fourth-order valence-electron chi connectivity index (χ4n) is 1.09. The van der Waals surface area contributed by atoms with Crippen molar-refractivity contribution in [3.05, 3.63) is 29.8 Å². The molecule has 15 heavy (non-hydrogen) atoms. The molecule has 80 valence electrons. The Morgan fingerprint density at radius 2 is 2.20 bits per heavy atom. The maximum Gasteiger partial charge on any atom is 0.161 e. The summed E-state index contributed by atoms with van der Waals surface area (Å²) in [5.74, 6) is 0.624. The van der Waals surface area contributed by atoms with Crippen LogP contribution in [0.3, 0.4) is 0 Å². The van der Waals surface area contributed by atoms with Crippen molar-refractivity contribution in [1.82, 2.24) is 0 Å². The van der Waals surface area contributed by atoms with Crippen molar-refractivity contribution >= 4 is 11.8 Å². The predicted octanol–water partition coefficient (Wildman–Crippen LogP) is 2.50. The first kappa shape index (κ1) is 11.3. The second kappa shape index (κ2) is 5.20. The quantitative estimate of drug-likeness (QED) is 0.770. The third kappa shape index (κ3) is 3.13. The monoisotopic (exact) mass is 205 g/mol. The average molecular weight is 205 g/mol. The van der Waals surface area contributed by atoms with Crippen molar-refractivity contribution in [2.24, 2.45) is 4.99 Å². The molecule has 0 radical (unpaired) electrons. The topological polar surface area (TPSA) is 41.8 Å². The first-order valence-electron chi connectivity index (χ1n) is 4.66. The second-order valence-corrected chi connectivity index (χ2v) is 3.13. The molecule has 0 aliphatic rings. The van der Waals surface area contributed by atoms with E-state index in [1.165, 1.54) is 7.11 Å². The zero-order chi connectivity index (χ0) is 11.3. The molecule has 0 unspecified atom stereocenters. The number of methoxy groups -OCH3 is 1. The highest BCUT2D eigenvalue weighted by Crippen LogP contribution is 2.26. The lowest BCUT2D eigenvalue weighted by atomic mass is 10.1. The molecule has 1 aromatic rings. The van der Waals surface area contributed by atoms with E-state index in [9.17, 15) is 5.11 Å². The molecule has 0 saturated heterocycles. The van der Waals surface area contributed by atoms with Crippen LogP contribution < -0.4 is 4.74 Å². The maximum absolute atomic E-state index is 9.39. The number of hydrogen-bond donors (Lipinski definition) is 1. The van der Waals surface area contributed by atoms with Gasteiger partial charge in [-0.2, -0.15) is 0 Å². The molecule has 1 rings (SSSR count). The number of hydrogen-bond acceptors (Lipinski definition) is 3. The van der Waals surface area contributed by atoms with Gasteiger partial charge in [-0.05, 0) is 30.7 Å². The van der Waals surface area contributed by atoms with Gasteiger partial charge in [-0.3, -0.25) is 4.99 Å². The van der Waals surface area contributed by atoms with Crippen LogP contribution in [0, 0.1) is 0 Å². The van der Waals surface area contributed by atoms with Crippen LogP contribution in [0.1, 0.15) is 12.5 Å². The van der Waals surface area contributed by atoms with Crippen LogP contribution >= 0.6 is 0 Å². The van der Waals surface area contributed by atoms with Crippen LogP contribution in [-0.4, -0.2) is 25.0 Å². The van der Waals surface area contributed by atoms with Crippen LogP contribution in [0.15, 0.2) is 29.3 Å². The number of rotatable bonds is 3. The summed E-state index contributed by atoms with van der Waals surface area (Å²) in [5, 5.41) is 9.39. The summed E-state index contributed by atoms with van der Waals surface area (Å²) in [7, 11) is 3.28. The number of phenolic OH excluding ortho intramolecular Hbond substituents is 1. The predicted molar refractivity (Wildman–Crippen MR) is 62.7 cm³/mol. The van der Waals surface area contributed by atoms with Crippen LogP contribution in [0.25, 0.3) is 6.08 Å². The Morgan fingerprint density at radius 1 is 1.47 bits per heavy atom. The number of benzene rings is 1. The Hall–Kier alpha value is -1.77. The van der Waals surface area contributed by atoms with Gasteiger partial charge < -0.3 is 9.84 Å². The van der Waals surface area contributed by atoms with Crippen molar-refractivity contribution < 1.29 is 9.84 Å². The zero-order valence-electron chi connectivity index (χ0n) is 9.19. The molecule has 0 aliphatic heterocycles. The fourth-order valence-corrected chi connectivity index (χ4v) is 1.09. The summed E-state index contributed by atoms with van der Waals surface area (Å²) in [4.78, 5) is 4.01. The Morgan fingerprint density at radius 3 is 2.80 bits per heavy atom. The number of aromatic hydroxyl groups is 1. The molecule has 0 heterocycles. The van der Waals surface area contributed by atoms with Crippen molar-refractivity contribution in [3.63, 3.8) is 0 Å². The first-order chi connectivity index (χ1) is 7.17. The van der Waals surface area contributed by atoms with E-state index in [-0.39, 0.29) is 5.75 Å². The van der Waals surface area contributed by atoms with Gasteiger partial charge in [0.15, 0.2) is 11.5 Å². The number of aliphatic imine (C=N–C) groups is 1. The van der Waals surface area contributed by atoms with Gasteiger partial charge in [-0.15, -0.1) is 0 Å². The van der Waals surface area contributed by atoms with E-state index in [4.69, 9.17) is 4.74 Å². The Kier molecular flexibility index (Phi) is 3.92. The molecule has 0 spiro atoms. The number of allylic oxidation sites excluding steroid dienone is 1. The molecule has 0 aromatic heterocycles. The molecule has 1 N–H and O–H groups in total. The van der Waals surface area contributed by atoms with Crippen molar-refractivity contribution in [2.75, 3.05) is 14.2 Å². The molecule has 0 atom stereocenters. The number of phenols is 1. The summed E-state index contributed by atoms with van der Waals surface area (Å²) in [6, 6.07) is 5.20. The SMILES string of the molecule is CN=C(C)C=Cc1ccc(O)c(OC)c1. The maximum atomic E-state index is 9.39. The van der Waals surface area contributed by atoms with E-state index in [0.29, 0.717) is 5.75 Å². The molecule has 0 bridgehead atoms. The van der Waals surface area contributed by atoms with Gasteiger partial charge in [0, 0.05) is 12.8 Å². The molecule has 0 saturated carbocycles. The van der Waals surface area contributed by atoms with Gasteiger partial charge in [0.25, 0.3) is 0 Å². The smallest absolute Gasteiger partial charge is 0.161 e. The van der Waals surface area contributed by atoms with E-state index in [2.05, 4.69) is 4.99 Å². The Balaban J connectivity index is 2.92. The van der Waals surface area contributed by atoms with Gasteiger partial charge in [0.2, 0.25) is 0 Å². The van der Waals surface area contributed by atoms with E-state index >= 15 is 0 Å². The van der Waals surface area contributed by atoms with Gasteiger partial charge in [0.05, 0.1) is 7.11 Å². The van der Waals surface area contributed by atoms with E-state index in [0.717, 1.165) is 11.3 Å². The molecule has 3 nitrogen and oxygen atoms in total. The standard InChI is InChI=1S/C12H15NO2/c1-9(13-2)4-5-10-6-7-11(14)12(8-10)15-3/h4-8,14H,1-3H3. The summed E-state index contributed by atoms with van der Waals surface area (Å²) in [6.45, 7) is 1.92. The molecule has 0 amide bonds. The summed E-state index contributed by atoms with van der Waals surface area (Å²) in [5.41, 5.74) is 1.91. The highest BCUT2D eigenvalue weighted by atomic mass is 16.5. The largest absolute Gasteiger partial charge is 0.504 e. The van der Waals surface area contributed by atoms with Crippen LogP contribution in [-0.2, 0) is 0 Å². The van der Waals surface area contributed by atoms with Crippen molar-refractivity contribution in [2.45, 2.75) is 6.92 Å². The third-order valence-electron chi connectivity index (χ3n) is 2.07. The van der Waals surface area contributed by atoms with Crippen LogP contribution in [0.5, 0.6) is 11.5 Å². The lowest BCUT2D eigenvalue weighted by Gasteiger charge is -2.03. The Labute approximate surface area is 89.7 Å². The molecule has 0 fully saturated rings. The van der Waals surface area contributed by atoms with E-state index < -0.39 is 0 Å². The van der Waals surface area contributed by atoms with Gasteiger partial charge >= 0.3 is 0 Å².